The molecule has 0 amide bonds. The number of hydrogen-bond donors (Lipinski definition) is 2. The van der Waals surface area contributed by atoms with Gasteiger partial charge < -0.3 is 15.8 Å². The van der Waals surface area contributed by atoms with Crippen molar-refractivity contribution in [3.05, 3.63) is 53.6 Å². The molecule has 0 atom stereocenters. The minimum Gasteiger partial charge on any atom is -0.495 e. The van der Waals surface area contributed by atoms with E-state index in [1.54, 1.807) is 24.3 Å². The maximum absolute atomic E-state index is 12.9. The Kier molecular flexibility index (Phi) is 4.26. The summed E-state index contributed by atoms with van der Waals surface area (Å²) in [5.41, 5.74) is 6.34. The summed E-state index contributed by atoms with van der Waals surface area (Å²) in [7, 11) is 1.48. The highest BCUT2D eigenvalue weighted by Gasteiger charge is 2.32. The average molecular weight is 296 g/mol. The van der Waals surface area contributed by atoms with Gasteiger partial charge in [-0.25, -0.2) is 0 Å². The summed E-state index contributed by atoms with van der Waals surface area (Å²) in [6, 6.07) is 10.4. The number of alkyl halides is 3. The third-order valence-corrected chi connectivity index (χ3v) is 3.04. The molecular weight excluding hydrogens is 281 g/mol. The van der Waals surface area contributed by atoms with Crippen molar-refractivity contribution in [2.75, 3.05) is 18.2 Å². The Morgan fingerprint density at radius 1 is 1.14 bits per heavy atom. The molecule has 3 N–H and O–H groups in total. The van der Waals surface area contributed by atoms with E-state index in [-0.39, 0.29) is 12.1 Å². The fraction of sp³-hybridized carbons (Fsp3) is 0.200. The van der Waals surface area contributed by atoms with Crippen LogP contribution in [0.1, 0.15) is 11.1 Å². The largest absolute Gasteiger partial charge is 0.495 e. The van der Waals surface area contributed by atoms with Crippen LogP contribution in [0.2, 0.25) is 0 Å². The van der Waals surface area contributed by atoms with Gasteiger partial charge in [-0.1, -0.05) is 18.2 Å². The molecule has 3 nitrogen and oxygen atoms in total. The zero-order chi connectivity index (χ0) is 15.5. The first-order chi connectivity index (χ1) is 9.91. The maximum Gasteiger partial charge on any atom is 0.416 e. The van der Waals surface area contributed by atoms with Crippen molar-refractivity contribution >= 4 is 11.4 Å². The first-order valence-corrected chi connectivity index (χ1v) is 6.24. The van der Waals surface area contributed by atoms with Gasteiger partial charge in [-0.05, 0) is 23.8 Å². The Hall–Kier alpha value is -2.37. The standard InChI is InChI=1S/C15H15F3N2O/c1-21-14-8-11(6-7-13(14)19)20-9-10-4-2-3-5-12(10)15(16,17)18/h2-8,20H,9,19H2,1H3. The summed E-state index contributed by atoms with van der Waals surface area (Å²) < 4.78 is 43.7. The minimum absolute atomic E-state index is 0.0583. The Bertz CT molecular complexity index is 627. The first kappa shape index (κ1) is 15.0. The van der Waals surface area contributed by atoms with Gasteiger partial charge in [0.15, 0.2) is 0 Å². The number of nitrogens with two attached hydrogens (primary N) is 1. The molecule has 0 aliphatic heterocycles. The van der Waals surface area contributed by atoms with E-state index >= 15 is 0 Å². The molecular formula is C15H15F3N2O. The third-order valence-electron chi connectivity index (χ3n) is 3.04. The molecule has 0 aromatic heterocycles. The fourth-order valence-corrected chi connectivity index (χ4v) is 1.97. The summed E-state index contributed by atoms with van der Waals surface area (Å²) in [6.07, 6.45) is -4.36. The fourth-order valence-electron chi connectivity index (χ4n) is 1.97. The molecule has 0 aliphatic rings. The molecule has 0 unspecified atom stereocenters. The summed E-state index contributed by atoms with van der Waals surface area (Å²) >= 11 is 0. The van der Waals surface area contributed by atoms with Crippen molar-refractivity contribution < 1.29 is 17.9 Å². The minimum atomic E-state index is -4.36. The summed E-state index contributed by atoms with van der Waals surface area (Å²) in [6.45, 7) is 0.0583. The van der Waals surface area contributed by atoms with Gasteiger partial charge in [-0.2, -0.15) is 13.2 Å². The zero-order valence-electron chi connectivity index (χ0n) is 11.4. The molecule has 6 heteroatoms. The quantitative estimate of drug-likeness (QED) is 0.841. The highest BCUT2D eigenvalue weighted by atomic mass is 19.4. The number of rotatable bonds is 4. The van der Waals surface area contributed by atoms with Gasteiger partial charge in [-0.3, -0.25) is 0 Å². The van der Waals surface area contributed by atoms with Gasteiger partial charge >= 0.3 is 6.18 Å². The number of benzene rings is 2. The molecule has 0 radical (unpaired) electrons. The van der Waals surface area contributed by atoms with Crippen LogP contribution >= 0.6 is 0 Å². The Morgan fingerprint density at radius 2 is 1.86 bits per heavy atom. The number of ether oxygens (including phenoxy) is 1. The molecule has 0 fully saturated rings. The van der Waals surface area contributed by atoms with Crippen molar-refractivity contribution in [2.45, 2.75) is 12.7 Å². The van der Waals surface area contributed by atoms with Gasteiger partial charge in [0.2, 0.25) is 0 Å². The molecule has 2 aromatic rings. The van der Waals surface area contributed by atoms with Crippen molar-refractivity contribution in [3.8, 4) is 5.75 Å². The molecule has 2 aromatic carbocycles. The molecule has 0 saturated heterocycles. The summed E-state index contributed by atoms with van der Waals surface area (Å²) in [5, 5.41) is 2.94. The summed E-state index contributed by atoms with van der Waals surface area (Å²) in [4.78, 5) is 0. The van der Waals surface area contributed by atoms with Crippen LogP contribution in [-0.2, 0) is 12.7 Å². The van der Waals surface area contributed by atoms with Crippen molar-refractivity contribution in [3.63, 3.8) is 0 Å². The van der Waals surface area contributed by atoms with Gasteiger partial charge in [0.05, 0.1) is 18.4 Å². The number of nitrogen functional groups attached to an aromatic ring is 1. The van der Waals surface area contributed by atoms with E-state index < -0.39 is 11.7 Å². The van der Waals surface area contributed by atoms with Crippen LogP contribution in [0.3, 0.4) is 0 Å². The van der Waals surface area contributed by atoms with Crippen molar-refractivity contribution in [2.24, 2.45) is 0 Å². The predicted molar refractivity (Wildman–Crippen MR) is 76.2 cm³/mol. The highest BCUT2D eigenvalue weighted by Crippen LogP contribution is 2.32. The second-order valence-electron chi connectivity index (χ2n) is 4.47. The maximum atomic E-state index is 12.9. The van der Waals surface area contributed by atoms with Crippen LogP contribution in [0.5, 0.6) is 5.75 Å². The molecule has 112 valence electrons. The van der Waals surface area contributed by atoms with E-state index in [9.17, 15) is 13.2 Å². The lowest BCUT2D eigenvalue weighted by Crippen LogP contribution is -2.11. The third kappa shape index (κ3) is 3.59. The van der Waals surface area contributed by atoms with Crippen LogP contribution in [0.4, 0.5) is 24.5 Å². The monoisotopic (exact) mass is 296 g/mol. The van der Waals surface area contributed by atoms with Crippen LogP contribution in [0, 0.1) is 0 Å². The Labute approximate surface area is 120 Å². The lowest BCUT2D eigenvalue weighted by molar-refractivity contribution is -0.138. The van der Waals surface area contributed by atoms with E-state index in [1.165, 1.54) is 19.2 Å². The molecule has 0 spiro atoms. The van der Waals surface area contributed by atoms with Crippen LogP contribution in [-0.4, -0.2) is 7.11 Å². The van der Waals surface area contributed by atoms with Crippen LogP contribution in [0.15, 0.2) is 42.5 Å². The predicted octanol–water partition coefficient (Wildman–Crippen LogP) is 3.91. The average Bonchev–Trinajstić information content (AvgIpc) is 2.45. The van der Waals surface area contributed by atoms with Crippen LogP contribution in [0.25, 0.3) is 0 Å². The van der Waals surface area contributed by atoms with Gasteiger partial charge in [0.1, 0.15) is 5.75 Å². The van der Waals surface area contributed by atoms with Gasteiger partial charge in [-0.15, -0.1) is 0 Å². The van der Waals surface area contributed by atoms with Gasteiger partial charge in [0.25, 0.3) is 0 Å². The first-order valence-electron chi connectivity index (χ1n) is 6.24. The molecule has 21 heavy (non-hydrogen) atoms. The zero-order valence-corrected chi connectivity index (χ0v) is 11.4. The van der Waals surface area contributed by atoms with E-state index in [1.807, 2.05) is 0 Å². The number of anilines is 2. The molecule has 0 saturated carbocycles. The van der Waals surface area contributed by atoms with E-state index in [2.05, 4.69) is 5.32 Å². The summed E-state index contributed by atoms with van der Waals surface area (Å²) in [5.74, 6) is 0.476. The SMILES string of the molecule is COc1cc(NCc2ccccc2C(F)(F)F)ccc1N. The van der Waals surface area contributed by atoms with E-state index in [0.717, 1.165) is 6.07 Å². The highest BCUT2D eigenvalue weighted by molar-refractivity contribution is 5.61. The number of nitrogens with one attached hydrogen (secondary N) is 1. The number of hydrogen-bond acceptors (Lipinski definition) is 3. The molecule has 0 aliphatic carbocycles. The van der Waals surface area contributed by atoms with Crippen molar-refractivity contribution in [1.82, 2.24) is 0 Å². The van der Waals surface area contributed by atoms with E-state index in [4.69, 9.17) is 10.5 Å². The lowest BCUT2D eigenvalue weighted by Gasteiger charge is -2.14. The lowest BCUT2D eigenvalue weighted by atomic mass is 10.1. The Balaban J connectivity index is 2.17. The molecule has 2 rings (SSSR count). The number of halogens is 3. The van der Waals surface area contributed by atoms with Crippen LogP contribution < -0.4 is 15.8 Å². The number of methoxy groups -OCH3 is 1. The smallest absolute Gasteiger partial charge is 0.416 e. The topological polar surface area (TPSA) is 47.3 Å². The van der Waals surface area contributed by atoms with Crippen molar-refractivity contribution in [1.29, 1.82) is 0 Å². The molecule has 0 bridgehead atoms. The second kappa shape index (κ2) is 5.95. The van der Waals surface area contributed by atoms with E-state index in [0.29, 0.717) is 17.1 Å². The second-order valence-corrected chi connectivity index (χ2v) is 4.47. The normalized spacial score (nSPS) is 11.2. The van der Waals surface area contributed by atoms with Gasteiger partial charge in [0, 0.05) is 18.3 Å². The Morgan fingerprint density at radius 3 is 2.52 bits per heavy atom. The molecule has 0 heterocycles.